The fraction of sp³-hybridized carbons (Fsp3) is 0.250. The molecule has 0 aliphatic carbocycles. The Morgan fingerprint density at radius 3 is 2.65 bits per heavy atom. The van der Waals surface area contributed by atoms with Crippen molar-refractivity contribution in [2.75, 3.05) is 5.32 Å². The normalized spacial score (nSPS) is 11.3. The number of carbonyl (C=O) groups excluding carboxylic acids is 1. The smallest absolute Gasteiger partial charge is 0.227 e. The van der Waals surface area contributed by atoms with Crippen LogP contribution < -0.4 is 5.32 Å². The van der Waals surface area contributed by atoms with E-state index in [2.05, 4.69) is 32.8 Å². The third-order valence-corrected chi connectivity index (χ3v) is 5.35. The van der Waals surface area contributed by atoms with Crippen molar-refractivity contribution in [3.8, 4) is 0 Å². The molecule has 2 heterocycles. The van der Waals surface area contributed by atoms with Gasteiger partial charge in [0.15, 0.2) is 0 Å². The quantitative estimate of drug-likeness (QED) is 0.543. The van der Waals surface area contributed by atoms with Gasteiger partial charge in [-0.15, -0.1) is 11.3 Å². The second-order valence-electron chi connectivity index (χ2n) is 6.20. The van der Waals surface area contributed by atoms with E-state index in [1.165, 1.54) is 0 Å². The number of nitrogens with one attached hydrogen (secondary N) is 1. The summed E-state index contributed by atoms with van der Waals surface area (Å²) in [6, 6.07) is 16.0. The van der Waals surface area contributed by atoms with E-state index in [0.29, 0.717) is 18.8 Å². The molecular weight excluding hydrogens is 344 g/mol. The zero-order valence-corrected chi connectivity index (χ0v) is 15.4. The van der Waals surface area contributed by atoms with Crippen LogP contribution in [0, 0.1) is 0 Å². The number of carbonyl (C=O) groups is 1. The Kier molecular flexibility index (Phi) is 4.67. The summed E-state index contributed by atoms with van der Waals surface area (Å²) >= 11 is 1.65. The minimum atomic E-state index is -0.0306. The largest absolute Gasteiger partial charge is 0.310 e. The van der Waals surface area contributed by atoms with Crippen LogP contribution >= 0.6 is 11.3 Å². The summed E-state index contributed by atoms with van der Waals surface area (Å²) < 4.78 is 3.23. The molecule has 0 aliphatic rings. The molecule has 2 aromatic heterocycles. The van der Waals surface area contributed by atoms with Crippen molar-refractivity contribution >= 4 is 44.4 Å². The fourth-order valence-electron chi connectivity index (χ4n) is 3.06. The van der Waals surface area contributed by atoms with E-state index >= 15 is 0 Å². The highest BCUT2D eigenvalue weighted by Gasteiger charge is 2.13. The average Bonchev–Trinajstić information content (AvgIpc) is 3.22. The molecule has 4 rings (SSSR count). The first-order valence-electron chi connectivity index (χ1n) is 8.84. The van der Waals surface area contributed by atoms with E-state index < -0.39 is 0 Å². The number of hydrogen-bond acceptors (Lipinski definition) is 4. The highest BCUT2D eigenvalue weighted by atomic mass is 32.1. The lowest BCUT2D eigenvalue weighted by molar-refractivity contribution is -0.116. The van der Waals surface area contributed by atoms with Crippen molar-refractivity contribution in [2.45, 2.75) is 32.7 Å². The monoisotopic (exact) mass is 364 g/mol. The minimum Gasteiger partial charge on any atom is -0.310 e. The van der Waals surface area contributed by atoms with Crippen LogP contribution in [-0.2, 0) is 17.8 Å². The van der Waals surface area contributed by atoms with Crippen molar-refractivity contribution in [1.29, 1.82) is 0 Å². The van der Waals surface area contributed by atoms with Gasteiger partial charge in [0.05, 0.1) is 26.3 Å². The van der Waals surface area contributed by atoms with Gasteiger partial charge in [-0.1, -0.05) is 31.2 Å². The molecule has 0 saturated heterocycles. The molecule has 0 radical (unpaired) electrons. The number of benzene rings is 2. The second kappa shape index (κ2) is 7.25. The van der Waals surface area contributed by atoms with Gasteiger partial charge >= 0.3 is 0 Å². The summed E-state index contributed by atoms with van der Waals surface area (Å²) in [5, 5.41) is 3.97. The van der Waals surface area contributed by atoms with Crippen LogP contribution in [0.4, 0.5) is 5.95 Å². The number of nitrogens with zero attached hydrogens (tertiary/aromatic N) is 3. The molecule has 0 unspecified atom stereocenters. The van der Waals surface area contributed by atoms with Gasteiger partial charge in [0.25, 0.3) is 0 Å². The summed E-state index contributed by atoms with van der Waals surface area (Å²) in [6.45, 7) is 2.95. The molecule has 0 fully saturated rings. The van der Waals surface area contributed by atoms with Crippen molar-refractivity contribution < 1.29 is 4.79 Å². The van der Waals surface area contributed by atoms with Crippen molar-refractivity contribution in [3.05, 3.63) is 53.5 Å². The van der Waals surface area contributed by atoms with Crippen LogP contribution in [0.25, 0.3) is 21.3 Å². The molecule has 6 heteroatoms. The fourth-order valence-corrected chi connectivity index (χ4v) is 4.02. The molecule has 1 amide bonds. The second-order valence-corrected chi connectivity index (χ2v) is 7.31. The molecule has 1 N–H and O–H groups in total. The molecule has 0 bridgehead atoms. The highest BCUT2D eigenvalue weighted by molar-refractivity contribution is 7.18. The number of para-hydroxylation sites is 3. The lowest BCUT2D eigenvalue weighted by Gasteiger charge is -2.08. The number of fused-ring (bicyclic) bond motifs is 2. The van der Waals surface area contributed by atoms with Gasteiger partial charge in [-0.3, -0.25) is 10.1 Å². The first kappa shape index (κ1) is 16.7. The van der Waals surface area contributed by atoms with Gasteiger partial charge in [0, 0.05) is 19.4 Å². The number of anilines is 1. The Morgan fingerprint density at radius 2 is 1.85 bits per heavy atom. The molecule has 0 atom stereocenters. The molecule has 0 aliphatic heterocycles. The lowest BCUT2D eigenvalue weighted by Crippen LogP contribution is -2.16. The number of hydrogen-bond donors (Lipinski definition) is 1. The van der Waals surface area contributed by atoms with Crippen LogP contribution in [-0.4, -0.2) is 20.4 Å². The van der Waals surface area contributed by atoms with Gasteiger partial charge in [-0.25, -0.2) is 9.97 Å². The predicted molar refractivity (Wildman–Crippen MR) is 107 cm³/mol. The summed E-state index contributed by atoms with van der Waals surface area (Å²) in [7, 11) is 0. The summed E-state index contributed by atoms with van der Waals surface area (Å²) in [5.41, 5.74) is 2.95. The number of amides is 1. The van der Waals surface area contributed by atoms with Crippen molar-refractivity contribution in [3.63, 3.8) is 0 Å². The summed E-state index contributed by atoms with van der Waals surface area (Å²) in [4.78, 5) is 21.6. The maximum Gasteiger partial charge on any atom is 0.227 e. The standard InChI is InChI=1S/C20H20N4OS/c1-2-13-24-16-9-5-3-7-14(16)22-20(24)23-18(25)11-12-19-21-15-8-4-6-10-17(15)26-19/h3-10H,2,11-13H2,1H3,(H,22,23,25). The maximum atomic E-state index is 12.4. The van der Waals surface area contributed by atoms with E-state index in [9.17, 15) is 4.79 Å². The topological polar surface area (TPSA) is 59.8 Å². The van der Waals surface area contributed by atoms with E-state index in [-0.39, 0.29) is 5.91 Å². The number of aryl methyl sites for hydroxylation is 2. The zero-order chi connectivity index (χ0) is 17.9. The molecule has 0 saturated carbocycles. The SMILES string of the molecule is CCCn1c(NC(=O)CCc2nc3ccccc3s2)nc2ccccc21. The highest BCUT2D eigenvalue weighted by Crippen LogP contribution is 2.23. The number of thiazole rings is 1. The Balaban J connectivity index is 1.47. The van der Waals surface area contributed by atoms with Crippen LogP contribution in [0.5, 0.6) is 0 Å². The van der Waals surface area contributed by atoms with Gasteiger partial charge in [0.1, 0.15) is 0 Å². The number of imidazole rings is 1. The Bertz CT molecular complexity index is 1030. The minimum absolute atomic E-state index is 0.0306. The molecule has 132 valence electrons. The first-order valence-corrected chi connectivity index (χ1v) is 9.66. The molecule has 4 aromatic rings. The Labute approximate surface area is 155 Å². The zero-order valence-electron chi connectivity index (χ0n) is 14.6. The summed E-state index contributed by atoms with van der Waals surface area (Å²) in [6.07, 6.45) is 2.02. The van der Waals surface area contributed by atoms with E-state index in [1.54, 1.807) is 11.3 Å². The van der Waals surface area contributed by atoms with Crippen LogP contribution in [0.3, 0.4) is 0 Å². The predicted octanol–water partition coefficient (Wildman–Crippen LogP) is 4.63. The lowest BCUT2D eigenvalue weighted by atomic mass is 10.3. The summed E-state index contributed by atoms with van der Waals surface area (Å²) in [5.74, 6) is 0.597. The molecule has 2 aromatic carbocycles. The molecule has 26 heavy (non-hydrogen) atoms. The molecular formula is C20H20N4OS. The Hall–Kier alpha value is -2.73. The van der Waals surface area contributed by atoms with Crippen LogP contribution in [0.1, 0.15) is 24.8 Å². The van der Waals surface area contributed by atoms with Crippen molar-refractivity contribution in [1.82, 2.24) is 14.5 Å². The Morgan fingerprint density at radius 1 is 1.08 bits per heavy atom. The third kappa shape index (κ3) is 3.32. The van der Waals surface area contributed by atoms with Gasteiger partial charge in [0.2, 0.25) is 11.9 Å². The van der Waals surface area contributed by atoms with E-state index in [4.69, 9.17) is 0 Å². The average molecular weight is 364 g/mol. The van der Waals surface area contributed by atoms with E-state index in [1.807, 2.05) is 42.5 Å². The van der Waals surface area contributed by atoms with Crippen LogP contribution in [0.2, 0.25) is 0 Å². The molecule has 0 spiro atoms. The first-order chi connectivity index (χ1) is 12.7. The van der Waals surface area contributed by atoms with Gasteiger partial charge < -0.3 is 4.57 Å². The molecule has 5 nitrogen and oxygen atoms in total. The van der Waals surface area contributed by atoms with Crippen molar-refractivity contribution in [2.24, 2.45) is 0 Å². The van der Waals surface area contributed by atoms with Gasteiger partial charge in [-0.05, 0) is 30.7 Å². The third-order valence-electron chi connectivity index (χ3n) is 4.26. The van der Waals surface area contributed by atoms with Gasteiger partial charge in [-0.2, -0.15) is 0 Å². The van der Waals surface area contributed by atoms with E-state index in [0.717, 1.165) is 39.2 Å². The maximum absolute atomic E-state index is 12.4. The van der Waals surface area contributed by atoms with Crippen LogP contribution in [0.15, 0.2) is 48.5 Å². The number of rotatable bonds is 6. The number of aromatic nitrogens is 3.